The first-order chi connectivity index (χ1) is 10.1. The highest BCUT2D eigenvalue weighted by Crippen LogP contribution is 2.10. The fraction of sp³-hybridized carbons (Fsp3) is 0.562. The summed E-state index contributed by atoms with van der Waals surface area (Å²) in [6.07, 6.45) is 1.16. The van der Waals surface area contributed by atoms with Gasteiger partial charge in [0.2, 0.25) is 0 Å². The predicted octanol–water partition coefficient (Wildman–Crippen LogP) is 2.97. The third kappa shape index (κ3) is 4.61. The summed E-state index contributed by atoms with van der Waals surface area (Å²) in [6.45, 7) is 8.52. The Hall–Kier alpha value is -1.26. The summed E-state index contributed by atoms with van der Waals surface area (Å²) >= 11 is 5.85. The zero-order chi connectivity index (χ0) is 15.2. The fourth-order valence-corrected chi connectivity index (χ4v) is 2.64. The molecule has 1 N–H and O–H groups in total. The summed E-state index contributed by atoms with van der Waals surface area (Å²) in [5.74, 6) is 0. The lowest BCUT2D eigenvalue weighted by Crippen LogP contribution is -2.53. The molecule has 1 aliphatic heterocycles. The minimum atomic E-state index is 0.0220. The highest BCUT2D eigenvalue weighted by atomic mass is 35.5. The molecule has 1 heterocycles. The van der Waals surface area contributed by atoms with Crippen LogP contribution in [0, 0.1) is 0 Å². The molecule has 2 amide bonds. The second-order valence-electron chi connectivity index (χ2n) is 5.57. The van der Waals surface area contributed by atoms with Gasteiger partial charge in [-0.15, -0.1) is 0 Å². The minimum absolute atomic E-state index is 0.0220. The molecule has 1 aliphatic rings. The van der Waals surface area contributed by atoms with Crippen LogP contribution in [0.25, 0.3) is 0 Å². The van der Waals surface area contributed by atoms with Crippen molar-refractivity contribution in [1.82, 2.24) is 15.1 Å². The third-order valence-corrected chi connectivity index (χ3v) is 4.42. The summed E-state index contributed by atoms with van der Waals surface area (Å²) < 4.78 is 0. The Balaban J connectivity index is 1.76. The van der Waals surface area contributed by atoms with Crippen LogP contribution in [0.5, 0.6) is 0 Å². The Morgan fingerprint density at radius 2 is 1.86 bits per heavy atom. The van der Waals surface area contributed by atoms with Crippen LogP contribution < -0.4 is 5.32 Å². The van der Waals surface area contributed by atoms with E-state index in [1.54, 1.807) is 0 Å². The van der Waals surface area contributed by atoms with Crippen LogP contribution in [-0.2, 0) is 6.54 Å². The van der Waals surface area contributed by atoms with Gasteiger partial charge in [0.05, 0.1) is 0 Å². The minimum Gasteiger partial charge on any atom is -0.334 e. The standard InChI is InChI=1S/C16H24ClN3O/c1-3-13(2)19-8-10-20(11-9-19)16(21)18-12-14-4-6-15(17)7-5-14/h4-7,13H,3,8-12H2,1-2H3,(H,18,21). The van der Waals surface area contributed by atoms with Gasteiger partial charge >= 0.3 is 6.03 Å². The SMILES string of the molecule is CCC(C)N1CCN(C(=O)NCc2ccc(Cl)cc2)CC1. The van der Waals surface area contributed by atoms with E-state index in [9.17, 15) is 4.79 Å². The van der Waals surface area contributed by atoms with E-state index in [0.717, 1.165) is 38.2 Å². The zero-order valence-corrected chi connectivity index (χ0v) is 13.6. The number of nitrogens with one attached hydrogen (secondary N) is 1. The first-order valence-corrected chi connectivity index (χ1v) is 7.99. The molecule has 1 aromatic carbocycles. The topological polar surface area (TPSA) is 35.6 Å². The van der Waals surface area contributed by atoms with E-state index < -0.39 is 0 Å². The van der Waals surface area contributed by atoms with Gasteiger partial charge in [-0.2, -0.15) is 0 Å². The smallest absolute Gasteiger partial charge is 0.317 e. The van der Waals surface area contributed by atoms with Crippen molar-refractivity contribution in [2.75, 3.05) is 26.2 Å². The quantitative estimate of drug-likeness (QED) is 0.928. The molecule has 1 unspecified atom stereocenters. The van der Waals surface area contributed by atoms with Crippen LogP contribution in [0.4, 0.5) is 4.79 Å². The second kappa shape index (κ2) is 7.66. The number of rotatable bonds is 4. The Morgan fingerprint density at radius 1 is 1.24 bits per heavy atom. The van der Waals surface area contributed by atoms with Crippen LogP contribution >= 0.6 is 11.6 Å². The highest BCUT2D eigenvalue weighted by molar-refractivity contribution is 6.30. The van der Waals surface area contributed by atoms with Gasteiger partial charge in [-0.25, -0.2) is 4.79 Å². The molecular formula is C16H24ClN3O. The molecule has 116 valence electrons. The fourth-order valence-electron chi connectivity index (χ4n) is 2.52. The lowest BCUT2D eigenvalue weighted by atomic mass is 10.2. The largest absolute Gasteiger partial charge is 0.334 e. The molecular weight excluding hydrogens is 286 g/mol. The van der Waals surface area contributed by atoms with E-state index in [1.807, 2.05) is 29.2 Å². The van der Waals surface area contributed by atoms with Gasteiger partial charge in [0.15, 0.2) is 0 Å². The molecule has 1 aromatic rings. The highest BCUT2D eigenvalue weighted by Gasteiger charge is 2.22. The molecule has 0 saturated carbocycles. The van der Waals surface area contributed by atoms with Gasteiger partial charge in [0.25, 0.3) is 0 Å². The van der Waals surface area contributed by atoms with E-state index >= 15 is 0 Å². The first-order valence-electron chi connectivity index (χ1n) is 7.61. The summed E-state index contributed by atoms with van der Waals surface area (Å²) in [6, 6.07) is 8.17. The second-order valence-corrected chi connectivity index (χ2v) is 6.00. The monoisotopic (exact) mass is 309 g/mol. The molecule has 0 aliphatic carbocycles. The molecule has 0 aromatic heterocycles. The Kier molecular flexibility index (Phi) is 5.88. The van der Waals surface area contributed by atoms with Crippen molar-refractivity contribution in [1.29, 1.82) is 0 Å². The lowest BCUT2D eigenvalue weighted by Gasteiger charge is -2.37. The molecule has 4 nitrogen and oxygen atoms in total. The van der Waals surface area contributed by atoms with Crippen LogP contribution in [0.2, 0.25) is 5.02 Å². The maximum atomic E-state index is 12.2. The average Bonchev–Trinajstić information content (AvgIpc) is 2.53. The summed E-state index contributed by atoms with van der Waals surface area (Å²) in [4.78, 5) is 16.5. The molecule has 1 saturated heterocycles. The van der Waals surface area contributed by atoms with Gasteiger partial charge in [-0.3, -0.25) is 4.90 Å². The Morgan fingerprint density at radius 3 is 2.43 bits per heavy atom. The van der Waals surface area contributed by atoms with Crippen molar-refractivity contribution in [3.05, 3.63) is 34.9 Å². The van der Waals surface area contributed by atoms with E-state index in [-0.39, 0.29) is 6.03 Å². The van der Waals surface area contributed by atoms with Crippen molar-refractivity contribution in [3.8, 4) is 0 Å². The average molecular weight is 310 g/mol. The third-order valence-electron chi connectivity index (χ3n) is 4.17. The maximum absolute atomic E-state index is 12.2. The molecule has 0 bridgehead atoms. The predicted molar refractivity (Wildman–Crippen MR) is 86.6 cm³/mol. The van der Waals surface area contributed by atoms with Crippen molar-refractivity contribution >= 4 is 17.6 Å². The van der Waals surface area contributed by atoms with Gasteiger partial charge in [0, 0.05) is 43.8 Å². The maximum Gasteiger partial charge on any atom is 0.317 e. The number of nitrogens with zero attached hydrogens (tertiary/aromatic N) is 2. The number of hydrogen-bond acceptors (Lipinski definition) is 2. The number of carbonyl (C=O) groups excluding carboxylic acids is 1. The Bertz CT molecular complexity index is 455. The normalized spacial score (nSPS) is 17.6. The van der Waals surface area contributed by atoms with Gasteiger partial charge < -0.3 is 10.2 Å². The molecule has 0 spiro atoms. The van der Waals surface area contributed by atoms with Crippen molar-refractivity contribution in [2.24, 2.45) is 0 Å². The number of piperazine rings is 1. The number of benzene rings is 1. The van der Waals surface area contributed by atoms with Gasteiger partial charge in [-0.1, -0.05) is 30.7 Å². The number of urea groups is 1. The van der Waals surface area contributed by atoms with Crippen molar-refractivity contribution in [2.45, 2.75) is 32.9 Å². The number of carbonyl (C=O) groups is 1. The summed E-state index contributed by atoms with van der Waals surface area (Å²) in [7, 11) is 0. The summed E-state index contributed by atoms with van der Waals surface area (Å²) in [5.41, 5.74) is 1.06. The number of amides is 2. The molecule has 5 heteroatoms. The molecule has 1 fully saturated rings. The lowest BCUT2D eigenvalue weighted by molar-refractivity contribution is 0.112. The molecule has 0 radical (unpaired) electrons. The van der Waals surface area contributed by atoms with E-state index in [0.29, 0.717) is 17.6 Å². The van der Waals surface area contributed by atoms with Gasteiger partial charge in [-0.05, 0) is 31.0 Å². The number of halogens is 1. The van der Waals surface area contributed by atoms with Crippen LogP contribution in [-0.4, -0.2) is 48.1 Å². The Labute approximate surface area is 132 Å². The molecule has 2 rings (SSSR count). The van der Waals surface area contributed by atoms with E-state index in [1.165, 1.54) is 0 Å². The van der Waals surface area contributed by atoms with Crippen molar-refractivity contribution < 1.29 is 4.79 Å². The van der Waals surface area contributed by atoms with Crippen LogP contribution in [0.15, 0.2) is 24.3 Å². The summed E-state index contributed by atoms with van der Waals surface area (Å²) in [5, 5.41) is 3.69. The first kappa shape index (κ1) is 16.1. The van der Waals surface area contributed by atoms with E-state index in [2.05, 4.69) is 24.1 Å². The van der Waals surface area contributed by atoms with Gasteiger partial charge in [0.1, 0.15) is 0 Å². The molecule has 21 heavy (non-hydrogen) atoms. The van der Waals surface area contributed by atoms with Crippen LogP contribution in [0.1, 0.15) is 25.8 Å². The van der Waals surface area contributed by atoms with Crippen LogP contribution in [0.3, 0.4) is 0 Å². The van der Waals surface area contributed by atoms with Crippen molar-refractivity contribution in [3.63, 3.8) is 0 Å². The zero-order valence-electron chi connectivity index (χ0n) is 12.8. The van der Waals surface area contributed by atoms with E-state index in [4.69, 9.17) is 11.6 Å². The molecule has 1 atom stereocenters. The number of hydrogen-bond donors (Lipinski definition) is 1.